The molecule has 74 heavy (non-hydrogen) atoms. The molecule has 0 spiro atoms. The van der Waals surface area contributed by atoms with Crippen molar-refractivity contribution >= 4 is 50.8 Å². The third kappa shape index (κ3) is 10.0. The van der Waals surface area contributed by atoms with Crippen molar-refractivity contribution in [2.75, 3.05) is 57.4 Å². The van der Waals surface area contributed by atoms with Gasteiger partial charge in [-0.3, -0.25) is 24.6 Å². The minimum atomic E-state index is -0.843. The zero-order chi connectivity index (χ0) is 51.2. The first-order valence-corrected chi connectivity index (χ1v) is 26.8. The Balaban J connectivity index is 0.689. The van der Waals surface area contributed by atoms with Crippen molar-refractivity contribution in [1.29, 1.82) is 0 Å². The number of anilines is 1. The highest BCUT2D eigenvalue weighted by atomic mass is 32.1. The summed E-state index contributed by atoms with van der Waals surface area (Å²) >= 11 is 1.59. The van der Waals surface area contributed by atoms with Crippen molar-refractivity contribution in [3.8, 4) is 33.6 Å². The van der Waals surface area contributed by atoms with Crippen LogP contribution in [0.4, 0.5) is 10.2 Å². The van der Waals surface area contributed by atoms with Gasteiger partial charge in [-0.05, 0) is 99.3 Å². The molecule has 0 radical (unpaired) electrons. The van der Waals surface area contributed by atoms with E-state index in [0.717, 1.165) is 90.0 Å². The number of piperidine rings is 1. The minimum Gasteiger partial charge on any atom is -0.475 e. The summed E-state index contributed by atoms with van der Waals surface area (Å²) in [6.07, 6.45) is 6.66. The van der Waals surface area contributed by atoms with Crippen molar-refractivity contribution in [3.05, 3.63) is 88.8 Å². The number of likely N-dealkylation sites (tertiary alicyclic amines) is 2. The number of aromatic nitrogens is 7. The molecule has 4 unspecified atom stereocenters. The summed E-state index contributed by atoms with van der Waals surface area (Å²) < 4.78 is 35.1. The molecule has 5 aromatic heterocycles. The Morgan fingerprint density at radius 2 is 1.74 bits per heavy atom. The number of aliphatic hydroxyl groups excluding tert-OH is 1. The Labute approximate surface area is 432 Å². The molecule has 2 aromatic carbocycles. The number of aryl methyl sites for hydroxylation is 2. The van der Waals surface area contributed by atoms with Crippen LogP contribution in [-0.4, -0.2) is 139 Å². The first kappa shape index (κ1) is 49.6. The Kier molecular flexibility index (Phi) is 14.0. The molecular weight excluding hydrogens is 964 g/mol. The number of nitrogens with zero attached hydrogens (tertiary/aromatic N) is 9. The van der Waals surface area contributed by atoms with Crippen LogP contribution in [0, 0.1) is 31.5 Å². The summed E-state index contributed by atoms with van der Waals surface area (Å²) in [6, 6.07) is 13.2. The fourth-order valence-corrected chi connectivity index (χ4v) is 12.2. The van der Waals surface area contributed by atoms with Gasteiger partial charge in [0.25, 0.3) is 5.88 Å². The molecule has 0 saturated carbocycles. The molecule has 20 heteroatoms. The van der Waals surface area contributed by atoms with E-state index in [-0.39, 0.29) is 59.9 Å². The Morgan fingerprint density at radius 1 is 0.959 bits per heavy atom. The summed E-state index contributed by atoms with van der Waals surface area (Å²) in [4.78, 5) is 53.9. The fraction of sp³-hybridized carbons (Fsp3) is 0.481. The number of benzene rings is 2. The van der Waals surface area contributed by atoms with Crippen LogP contribution in [-0.2, 0) is 9.59 Å². The number of thiazole rings is 1. The molecule has 4 N–H and O–H groups in total. The minimum absolute atomic E-state index is 0.0410. The van der Waals surface area contributed by atoms with Crippen LogP contribution < -0.4 is 25.0 Å². The lowest BCUT2D eigenvalue weighted by atomic mass is 9.91. The highest BCUT2D eigenvalue weighted by molar-refractivity contribution is 7.13. The van der Waals surface area contributed by atoms with Gasteiger partial charge in [-0.1, -0.05) is 44.2 Å². The molecule has 2 bridgehead atoms. The zero-order valence-corrected chi connectivity index (χ0v) is 43.2. The Bertz CT molecular complexity index is 3140. The number of carbonyl (C=O) groups is 2. The van der Waals surface area contributed by atoms with Gasteiger partial charge in [0.15, 0.2) is 11.6 Å². The topological polar surface area (TPSA) is 213 Å². The molecule has 6 atom stereocenters. The van der Waals surface area contributed by atoms with Crippen molar-refractivity contribution in [2.24, 2.45) is 11.8 Å². The van der Waals surface area contributed by atoms with Gasteiger partial charge in [-0.15, -0.1) is 11.3 Å². The standard InChI is InChI=1S/C54H63FN12O6S/c1-29(2)45(53(70)67-26-38(68)20-42(67)52(69)59-31(4)34-7-9-35(10-8-34)50-32(5)57-28-74-50)43-21-44(64-73-43)72-27-33-14-16-65(17-15-33)18-19-71-54-61-48-40(51(62-54)66-24-36-11-12-37(25-66)60-36)22-56-49(47(48)55)46-30(3)6-13-41-39(46)23-58-63-41/h6-10,13,21-23,28-29,31,33,36-38,42,45,60,68H,11-12,14-20,24-27H2,1-5H3,(H,58,63)(H,59,69)/t31?,36?,37?,38-,42+,45?/m1/s1. The normalized spacial score (nSPS) is 21.2. The molecule has 18 nitrogen and oxygen atoms in total. The number of rotatable bonds is 16. The lowest BCUT2D eigenvalue weighted by Gasteiger charge is -2.34. The predicted molar refractivity (Wildman–Crippen MR) is 278 cm³/mol. The Morgan fingerprint density at radius 3 is 2.49 bits per heavy atom. The van der Waals surface area contributed by atoms with Crippen LogP contribution in [0.1, 0.15) is 87.4 Å². The molecule has 7 aromatic rings. The number of hydrogen-bond donors (Lipinski definition) is 4. The first-order valence-electron chi connectivity index (χ1n) is 25.9. The van der Waals surface area contributed by atoms with E-state index in [9.17, 15) is 14.7 Å². The third-order valence-corrected chi connectivity index (χ3v) is 16.4. The molecule has 388 valence electrons. The zero-order valence-electron chi connectivity index (χ0n) is 42.4. The van der Waals surface area contributed by atoms with E-state index in [4.69, 9.17) is 28.9 Å². The predicted octanol–water partition coefficient (Wildman–Crippen LogP) is 7.12. The number of H-pyrrole nitrogens is 1. The largest absolute Gasteiger partial charge is 0.475 e. The third-order valence-electron chi connectivity index (χ3n) is 15.4. The number of fused-ring (bicyclic) bond motifs is 4. The number of pyridine rings is 1. The monoisotopic (exact) mass is 1030 g/mol. The molecule has 0 aliphatic carbocycles. The molecule has 4 fully saturated rings. The summed E-state index contributed by atoms with van der Waals surface area (Å²) in [7, 11) is 0. The van der Waals surface area contributed by atoms with Crippen LogP contribution in [0.15, 0.2) is 64.9 Å². The van der Waals surface area contributed by atoms with Crippen LogP contribution in [0.2, 0.25) is 0 Å². The van der Waals surface area contributed by atoms with Gasteiger partial charge in [-0.2, -0.15) is 15.1 Å². The number of aromatic amines is 1. The van der Waals surface area contributed by atoms with Crippen LogP contribution in [0.3, 0.4) is 0 Å². The van der Waals surface area contributed by atoms with E-state index in [1.807, 2.05) is 76.5 Å². The van der Waals surface area contributed by atoms with Crippen LogP contribution in [0.25, 0.3) is 43.5 Å². The van der Waals surface area contributed by atoms with Crippen LogP contribution >= 0.6 is 11.3 Å². The lowest BCUT2D eigenvalue weighted by Crippen LogP contribution is -2.51. The fourth-order valence-electron chi connectivity index (χ4n) is 11.4. The average molecular weight is 1030 g/mol. The van der Waals surface area contributed by atoms with E-state index in [0.29, 0.717) is 60.2 Å². The maximum atomic E-state index is 16.9. The number of ether oxygens (including phenoxy) is 2. The van der Waals surface area contributed by atoms with Crippen molar-refractivity contribution in [1.82, 2.24) is 55.7 Å². The van der Waals surface area contributed by atoms with Gasteiger partial charge >= 0.3 is 6.01 Å². The maximum absolute atomic E-state index is 16.9. The van der Waals surface area contributed by atoms with Crippen molar-refractivity contribution in [2.45, 2.75) is 103 Å². The lowest BCUT2D eigenvalue weighted by molar-refractivity contribution is -0.141. The number of nitrogens with one attached hydrogen (secondary N) is 3. The number of hydrogen-bond acceptors (Lipinski definition) is 16. The number of carbonyl (C=O) groups excluding carboxylic acids is 2. The number of aliphatic hydroxyl groups is 1. The quantitative estimate of drug-likeness (QED) is 0.0759. The highest BCUT2D eigenvalue weighted by Gasteiger charge is 2.44. The molecular formula is C54H63FN12O6S. The Hall–Kier alpha value is -6.61. The second kappa shape index (κ2) is 21.0. The number of halogens is 1. The van der Waals surface area contributed by atoms with E-state index >= 15 is 4.39 Å². The number of piperazine rings is 1. The maximum Gasteiger partial charge on any atom is 0.319 e. The molecule has 11 rings (SSSR count). The first-order chi connectivity index (χ1) is 35.8. The van der Waals surface area contributed by atoms with E-state index in [1.54, 1.807) is 29.8 Å². The summed E-state index contributed by atoms with van der Waals surface area (Å²) in [5.74, 6) is -0.526. The molecule has 4 aliphatic rings. The smallest absolute Gasteiger partial charge is 0.319 e. The average Bonchev–Trinajstić information content (AvgIpc) is 4.28. The second-order valence-corrected chi connectivity index (χ2v) is 21.7. The summed E-state index contributed by atoms with van der Waals surface area (Å²) in [6.45, 7) is 14.3. The van der Waals surface area contributed by atoms with Gasteiger partial charge in [0, 0.05) is 67.9 Å². The van der Waals surface area contributed by atoms with Crippen LogP contribution in [0.5, 0.6) is 11.9 Å². The number of amides is 2. The van der Waals surface area contributed by atoms with Crippen molar-refractivity contribution in [3.63, 3.8) is 0 Å². The SMILES string of the molecule is Cc1ccc2[nH]ncc2c1-c1ncc2c(N3CC4CCC(C3)N4)nc(OCCN3CCC(COc4cc(C(C(=O)N5C[C@H](O)C[C@H]5C(=O)NC(C)c5ccc(-c6scnc6C)cc5)C(C)C)on4)CC3)nc2c1F. The summed E-state index contributed by atoms with van der Waals surface area (Å²) in [5.41, 5.74) is 7.54. The molecule has 9 heterocycles. The van der Waals surface area contributed by atoms with E-state index in [2.05, 4.69) is 40.8 Å². The van der Waals surface area contributed by atoms with Gasteiger partial charge in [0.05, 0.1) is 51.9 Å². The van der Waals surface area contributed by atoms with Gasteiger partial charge in [0.1, 0.15) is 35.6 Å². The molecule has 4 saturated heterocycles. The van der Waals surface area contributed by atoms with Gasteiger partial charge in [0.2, 0.25) is 11.8 Å². The van der Waals surface area contributed by atoms with Gasteiger partial charge < -0.3 is 39.5 Å². The molecule has 2 amide bonds. The molecule has 4 aliphatic heterocycles. The second-order valence-electron chi connectivity index (χ2n) is 20.9. The van der Waals surface area contributed by atoms with E-state index < -0.39 is 23.9 Å². The van der Waals surface area contributed by atoms with Gasteiger partial charge in [-0.25, -0.2) is 9.37 Å². The summed E-state index contributed by atoms with van der Waals surface area (Å²) in [5, 5.41) is 30.2. The van der Waals surface area contributed by atoms with E-state index in [1.165, 1.54) is 4.90 Å². The van der Waals surface area contributed by atoms with Crippen molar-refractivity contribution < 1.29 is 33.1 Å². The highest BCUT2D eigenvalue weighted by Crippen LogP contribution is 2.38. The number of β-amino-alcohol motifs (C(OH)–C–C–N with tert-alkyl or cyclic N) is 1.